The molecule has 3 aromatic rings. The van der Waals surface area contributed by atoms with E-state index < -0.39 is 0 Å². The van der Waals surface area contributed by atoms with Gasteiger partial charge < -0.3 is 10.2 Å². The van der Waals surface area contributed by atoms with Crippen LogP contribution in [0.15, 0.2) is 35.4 Å². The molecule has 8 heteroatoms. The average Bonchev–Trinajstić information content (AvgIpc) is 2.92. The Morgan fingerprint density at radius 3 is 2.79 bits per heavy atom. The molecule has 0 saturated carbocycles. The molecule has 0 spiro atoms. The standard InChI is InChI=1S/C20H23FN4O2S/c1-12-13(2)28-19-18(12)20(27)25(11-23-19)10-17(26)22-9-16(24(3)4)14-6-5-7-15(21)8-14/h5-8,11,16H,9-10H2,1-4H3,(H,22,26). The van der Waals surface area contributed by atoms with Crippen LogP contribution in [0.25, 0.3) is 10.2 Å². The molecule has 2 aromatic heterocycles. The Hall–Kier alpha value is -2.58. The van der Waals surface area contributed by atoms with Gasteiger partial charge in [-0.05, 0) is 51.2 Å². The fourth-order valence-electron chi connectivity index (χ4n) is 3.12. The lowest BCUT2D eigenvalue weighted by Gasteiger charge is -2.25. The highest BCUT2D eigenvalue weighted by Gasteiger charge is 2.17. The first-order valence-electron chi connectivity index (χ1n) is 8.91. The quantitative estimate of drug-likeness (QED) is 0.688. The lowest BCUT2D eigenvalue weighted by Crippen LogP contribution is -2.38. The van der Waals surface area contributed by atoms with E-state index in [0.29, 0.717) is 16.8 Å². The predicted octanol–water partition coefficient (Wildman–Crippen LogP) is 2.63. The molecule has 0 radical (unpaired) electrons. The van der Waals surface area contributed by atoms with E-state index >= 15 is 0 Å². The highest BCUT2D eigenvalue weighted by molar-refractivity contribution is 7.18. The second kappa shape index (κ2) is 8.20. The first kappa shape index (κ1) is 20.2. The third kappa shape index (κ3) is 4.13. The van der Waals surface area contributed by atoms with Gasteiger partial charge in [0, 0.05) is 11.4 Å². The zero-order valence-electron chi connectivity index (χ0n) is 16.3. The zero-order chi connectivity index (χ0) is 20.4. The van der Waals surface area contributed by atoms with E-state index in [4.69, 9.17) is 0 Å². The fraction of sp³-hybridized carbons (Fsp3) is 0.350. The monoisotopic (exact) mass is 402 g/mol. The van der Waals surface area contributed by atoms with Gasteiger partial charge in [-0.2, -0.15) is 0 Å². The Labute approximate surface area is 166 Å². The number of aryl methyl sites for hydroxylation is 2. The van der Waals surface area contributed by atoms with Gasteiger partial charge in [0.15, 0.2) is 0 Å². The molecule has 28 heavy (non-hydrogen) atoms. The molecule has 1 unspecified atom stereocenters. The molecule has 0 fully saturated rings. The molecule has 1 N–H and O–H groups in total. The Morgan fingerprint density at radius 1 is 1.36 bits per heavy atom. The molecule has 2 heterocycles. The highest BCUT2D eigenvalue weighted by atomic mass is 32.1. The number of rotatable bonds is 6. The lowest BCUT2D eigenvalue weighted by molar-refractivity contribution is -0.121. The molecule has 0 bridgehead atoms. The summed E-state index contributed by atoms with van der Waals surface area (Å²) in [5, 5.41) is 3.41. The third-order valence-electron chi connectivity index (χ3n) is 4.82. The molecule has 0 aliphatic rings. The zero-order valence-corrected chi connectivity index (χ0v) is 17.1. The molecule has 0 aliphatic heterocycles. The van der Waals surface area contributed by atoms with Crippen molar-refractivity contribution in [1.29, 1.82) is 0 Å². The van der Waals surface area contributed by atoms with Crippen LogP contribution in [0.1, 0.15) is 22.0 Å². The number of amides is 1. The van der Waals surface area contributed by atoms with Gasteiger partial charge >= 0.3 is 0 Å². The molecule has 0 aliphatic carbocycles. The van der Waals surface area contributed by atoms with Crippen molar-refractivity contribution >= 4 is 27.5 Å². The van der Waals surface area contributed by atoms with Crippen LogP contribution in [0.5, 0.6) is 0 Å². The first-order chi connectivity index (χ1) is 13.3. The highest BCUT2D eigenvalue weighted by Crippen LogP contribution is 2.25. The van der Waals surface area contributed by atoms with Crippen molar-refractivity contribution in [2.24, 2.45) is 0 Å². The number of hydrogen-bond acceptors (Lipinski definition) is 5. The maximum atomic E-state index is 13.5. The van der Waals surface area contributed by atoms with E-state index in [-0.39, 0.29) is 29.9 Å². The Bertz CT molecular complexity index is 1070. The molecule has 1 aromatic carbocycles. The topological polar surface area (TPSA) is 67.2 Å². The summed E-state index contributed by atoms with van der Waals surface area (Å²) < 4.78 is 14.9. The van der Waals surface area contributed by atoms with Gasteiger partial charge in [-0.1, -0.05) is 12.1 Å². The van der Waals surface area contributed by atoms with Crippen molar-refractivity contribution in [1.82, 2.24) is 19.8 Å². The van der Waals surface area contributed by atoms with Crippen LogP contribution in [0, 0.1) is 19.7 Å². The van der Waals surface area contributed by atoms with Crippen LogP contribution in [0.3, 0.4) is 0 Å². The SMILES string of the molecule is Cc1sc2ncn(CC(=O)NCC(c3cccc(F)c3)N(C)C)c(=O)c2c1C. The summed E-state index contributed by atoms with van der Waals surface area (Å²) in [6.45, 7) is 4.03. The van der Waals surface area contributed by atoms with Crippen molar-refractivity contribution in [3.8, 4) is 0 Å². The maximum absolute atomic E-state index is 13.5. The second-order valence-electron chi connectivity index (χ2n) is 6.98. The van der Waals surface area contributed by atoms with Crippen molar-refractivity contribution in [2.75, 3.05) is 20.6 Å². The number of nitrogens with one attached hydrogen (secondary N) is 1. The average molecular weight is 402 g/mol. The van der Waals surface area contributed by atoms with Crippen LogP contribution in [0.2, 0.25) is 0 Å². The van der Waals surface area contributed by atoms with Gasteiger partial charge in [-0.15, -0.1) is 11.3 Å². The third-order valence-corrected chi connectivity index (χ3v) is 5.93. The molecule has 6 nitrogen and oxygen atoms in total. The Balaban J connectivity index is 1.73. The summed E-state index contributed by atoms with van der Waals surface area (Å²) in [6.07, 6.45) is 1.41. The number of benzene rings is 1. The number of carbonyl (C=O) groups is 1. The molecular formula is C20H23FN4O2S. The minimum Gasteiger partial charge on any atom is -0.353 e. The minimum atomic E-state index is -0.317. The first-order valence-corrected chi connectivity index (χ1v) is 9.73. The van der Waals surface area contributed by atoms with Gasteiger partial charge in [0.05, 0.1) is 17.8 Å². The van der Waals surface area contributed by atoms with Crippen LogP contribution in [-0.2, 0) is 11.3 Å². The molecular weight excluding hydrogens is 379 g/mol. The van der Waals surface area contributed by atoms with Crippen LogP contribution >= 0.6 is 11.3 Å². The van der Waals surface area contributed by atoms with Gasteiger partial charge in [-0.3, -0.25) is 14.2 Å². The molecule has 0 saturated heterocycles. The van der Waals surface area contributed by atoms with Crippen LogP contribution < -0.4 is 10.9 Å². The van der Waals surface area contributed by atoms with Crippen molar-refractivity contribution < 1.29 is 9.18 Å². The van der Waals surface area contributed by atoms with E-state index in [0.717, 1.165) is 16.0 Å². The second-order valence-corrected chi connectivity index (χ2v) is 8.18. The minimum absolute atomic E-state index is 0.112. The maximum Gasteiger partial charge on any atom is 0.262 e. The molecule has 148 valence electrons. The van der Waals surface area contributed by atoms with E-state index in [1.807, 2.05) is 38.9 Å². The summed E-state index contributed by atoms with van der Waals surface area (Å²) in [4.78, 5) is 33.1. The van der Waals surface area contributed by atoms with E-state index in [1.54, 1.807) is 6.07 Å². The molecule has 1 amide bonds. The summed E-state index contributed by atoms with van der Waals surface area (Å²) in [6, 6.07) is 6.14. The number of nitrogens with zero attached hydrogens (tertiary/aromatic N) is 3. The number of hydrogen-bond donors (Lipinski definition) is 1. The van der Waals surface area contributed by atoms with E-state index in [9.17, 15) is 14.0 Å². The molecule has 1 atom stereocenters. The Morgan fingerprint density at radius 2 is 2.11 bits per heavy atom. The number of aromatic nitrogens is 2. The van der Waals surface area contributed by atoms with E-state index in [2.05, 4.69) is 10.3 Å². The summed E-state index contributed by atoms with van der Waals surface area (Å²) in [7, 11) is 3.73. The number of thiophene rings is 1. The van der Waals surface area contributed by atoms with Gasteiger partial charge in [0.1, 0.15) is 17.2 Å². The number of carbonyl (C=O) groups excluding carboxylic acids is 1. The van der Waals surface area contributed by atoms with Gasteiger partial charge in [-0.25, -0.2) is 9.37 Å². The number of likely N-dealkylation sites (N-methyl/N-ethyl adjacent to an activating group) is 1. The predicted molar refractivity (Wildman–Crippen MR) is 109 cm³/mol. The smallest absolute Gasteiger partial charge is 0.262 e. The summed E-state index contributed by atoms with van der Waals surface area (Å²) in [5.41, 5.74) is 1.47. The molecule has 3 rings (SSSR count). The number of fused-ring (bicyclic) bond motifs is 1. The van der Waals surface area contributed by atoms with Gasteiger partial charge in [0.2, 0.25) is 5.91 Å². The Kier molecular flexibility index (Phi) is 5.90. The fourth-order valence-corrected chi connectivity index (χ4v) is 4.10. The van der Waals surface area contributed by atoms with Crippen molar-refractivity contribution in [3.63, 3.8) is 0 Å². The largest absolute Gasteiger partial charge is 0.353 e. The van der Waals surface area contributed by atoms with Crippen LogP contribution in [0.4, 0.5) is 4.39 Å². The van der Waals surface area contributed by atoms with Gasteiger partial charge in [0.25, 0.3) is 5.56 Å². The summed E-state index contributed by atoms with van der Waals surface area (Å²) >= 11 is 1.48. The normalized spacial score (nSPS) is 12.5. The van der Waals surface area contributed by atoms with Crippen molar-refractivity contribution in [3.05, 3.63) is 62.8 Å². The van der Waals surface area contributed by atoms with E-state index in [1.165, 1.54) is 34.4 Å². The van der Waals surface area contributed by atoms with Crippen LogP contribution in [-0.4, -0.2) is 41.0 Å². The van der Waals surface area contributed by atoms with Crippen molar-refractivity contribution in [2.45, 2.75) is 26.4 Å². The number of halogens is 1. The lowest BCUT2D eigenvalue weighted by atomic mass is 10.1. The summed E-state index contributed by atoms with van der Waals surface area (Å²) in [5.74, 6) is -0.612.